The Morgan fingerprint density at radius 1 is 1.53 bits per heavy atom. The van der Waals surface area contributed by atoms with Gasteiger partial charge in [-0.05, 0) is 18.2 Å². The zero-order valence-electron chi connectivity index (χ0n) is 10.0. The molecule has 1 aromatic heterocycles. The van der Waals surface area contributed by atoms with Crippen molar-refractivity contribution in [3.05, 3.63) is 53.0 Å². The van der Waals surface area contributed by atoms with Gasteiger partial charge >= 0.3 is 0 Å². The van der Waals surface area contributed by atoms with Crippen LogP contribution < -0.4 is 10.6 Å². The second-order valence-electron chi connectivity index (χ2n) is 3.67. The molecule has 1 aromatic carbocycles. The van der Waals surface area contributed by atoms with E-state index in [9.17, 15) is 4.79 Å². The molecule has 0 aliphatic rings. The molecule has 0 atom stereocenters. The van der Waals surface area contributed by atoms with E-state index in [1.165, 1.54) is 11.3 Å². The fourth-order valence-electron chi connectivity index (χ4n) is 1.38. The van der Waals surface area contributed by atoms with E-state index < -0.39 is 0 Å². The van der Waals surface area contributed by atoms with Crippen LogP contribution in [0.15, 0.2) is 42.3 Å². The molecule has 0 spiro atoms. The lowest BCUT2D eigenvalue weighted by molar-refractivity contribution is 0.0954. The summed E-state index contributed by atoms with van der Waals surface area (Å²) >= 11 is 7.25. The average molecular weight is 294 g/mol. The van der Waals surface area contributed by atoms with Crippen LogP contribution in [0.2, 0.25) is 5.02 Å². The zero-order valence-corrected chi connectivity index (χ0v) is 11.6. The van der Waals surface area contributed by atoms with Crippen molar-refractivity contribution in [1.82, 2.24) is 10.3 Å². The molecule has 0 aliphatic heterocycles. The van der Waals surface area contributed by atoms with E-state index in [2.05, 4.69) is 22.2 Å². The summed E-state index contributed by atoms with van der Waals surface area (Å²) in [5.74, 6) is -0.213. The summed E-state index contributed by atoms with van der Waals surface area (Å²) in [7, 11) is 0. The van der Waals surface area contributed by atoms with Crippen LogP contribution in [-0.2, 0) is 0 Å². The topological polar surface area (TPSA) is 54.0 Å². The second kappa shape index (κ2) is 6.36. The first kappa shape index (κ1) is 13.6. The average Bonchev–Trinajstić information content (AvgIpc) is 2.84. The molecule has 0 saturated heterocycles. The normalized spacial score (nSPS) is 9.95. The van der Waals surface area contributed by atoms with E-state index in [4.69, 9.17) is 11.6 Å². The maximum absolute atomic E-state index is 11.7. The van der Waals surface area contributed by atoms with Crippen LogP contribution in [0.25, 0.3) is 0 Å². The highest BCUT2D eigenvalue weighted by Gasteiger charge is 2.09. The zero-order chi connectivity index (χ0) is 13.7. The molecule has 98 valence electrons. The van der Waals surface area contributed by atoms with E-state index >= 15 is 0 Å². The number of halogens is 1. The highest BCUT2D eigenvalue weighted by atomic mass is 35.5. The number of thiazole rings is 1. The van der Waals surface area contributed by atoms with Gasteiger partial charge in [0.25, 0.3) is 5.91 Å². The number of hydrogen-bond donors (Lipinski definition) is 2. The molecule has 0 unspecified atom stereocenters. The van der Waals surface area contributed by atoms with Gasteiger partial charge in [-0.25, -0.2) is 4.98 Å². The van der Waals surface area contributed by atoms with Crippen LogP contribution >= 0.6 is 22.9 Å². The van der Waals surface area contributed by atoms with Crippen molar-refractivity contribution >= 4 is 39.7 Å². The van der Waals surface area contributed by atoms with Crippen LogP contribution in [-0.4, -0.2) is 17.4 Å². The number of aromatic nitrogens is 1. The Morgan fingerprint density at radius 3 is 3.11 bits per heavy atom. The van der Waals surface area contributed by atoms with Crippen LogP contribution in [0.3, 0.4) is 0 Å². The van der Waals surface area contributed by atoms with Gasteiger partial charge in [-0.3, -0.25) is 4.79 Å². The Morgan fingerprint density at radius 2 is 2.37 bits per heavy atom. The van der Waals surface area contributed by atoms with Crippen LogP contribution in [0.5, 0.6) is 0 Å². The molecule has 1 heterocycles. The van der Waals surface area contributed by atoms with Crippen molar-refractivity contribution in [2.75, 3.05) is 11.9 Å². The molecule has 2 aromatic rings. The Balaban J connectivity index is 2.05. The van der Waals surface area contributed by atoms with E-state index in [0.717, 1.165) is 5.69 Å². The Bertz CT molecular complexity index is 597. The van der Waals surface area contributed by atoms with Crippen LogP contribution in [0.4, 0.5) is 10.8 Å². The molecule has 2 rings (SSSR count). The fourth-order valence-corrected chi connectivity index (χ4v) is 2.28. The third kappa shape index (κ3) is 3.81. The predicted octanol–water partition coefficient (Wildman–Crippen LogP) is 3.46. The van der Waals surface area contributed by atoms with Crippen LogP contribution in [0.1, 0.15) is 10.5 Å². The molecule has 0 saturated carbocycles. The summed E-state index contributed by atoms with van der Waals surface area (Å²) in [6, 6.07) is 7.31. The van der Waals surface area contributed by atoms with Crippen molar-refractivity contribution < 1.29 is 4.79 Å². The number of nitrogens with one attached hydrogen (secondary N) is 2. The smallest absolute Gasteiger partial charge is 0.271 e. The van der Waals surface area contributed by atoms with Crippen molar-refractivity contribution in [3.63, 3.8) is 0 Å². The van der Waals surface area contributed by atoms with Gasteiger partial charge in [0.2, 0.25) is 0 Å². The number of carbonyl (C=O) groups is 1. The van der Waals surface area contributed by atoms with Crippen molar-refractivity contribution in [1.29, 1.82) is 0 Å². The summed E-state index contributed by atoms with van der Waals surface area (Å²) in [5, 5.41) is 8.76. The molecular formula is C13H12ClN3OS. The van der Waals surface area contributed by atoms with Crippen molar-refractivity contribution in [2.24, 2.45) is 0 Å². The minimum absolute atomic E-state index is 0.213. The first-order valence-electron chi connectivity index (χ1n) is 5.56. The fraction of sp³-hybridized carbons (Fsp3) is 0.0769. The van der Waals surface area contributed by atoms with Gasteiger partial charge < -0.3 is 10.6 Å². The molecule has 0 aliphatic carbocycles. The highest BCUT2D eigenvalue weighted by Crippen LogP contribution is 2.22. The van der Waals surface area contributed by atoms with E-state index in [1.54, 1.807) is 23.6 Å². The predicted molar refractivity (Wildman–Crippen MR) is 79.4 cm³/mol. The van der Waals surface area contributed by atoms with E-state index in [0.29, 0.717) is 22.4 Å². The molecule has 6 heteroatoms. The monoisotopic (exact) mass is 293 g/mol. The molecule has 0 bridgehead atoms. The maximum Gasteiger partial charge on any atom is 0.271 e. The minimum Gasteiger partial charge on any atom is -0.347 e. The van der Waals surface area contributed by atoms with E-state index in [-0.39, 0.29) is 5.91 Å². The van der Waals surface area contributed by atoms with Crippen molar-refractivity contribution in [3.8, 4) is 0 Å². The summed E-state index contributed by atoms with van der Waals surface area (Å²) in [4.78, 5) is 15.9. The molecule has 0 radical (unpaired) electrons. The first-order valence-corrected chi connectivity index (χ1v) is 6.82. The maximum atomic E-state index is 11.7. The Kier molecular flexibility index (Phi) is 4.54. The molecule has 2 N–H and O–H groups in total. The third-order valence-electron chi connectivity index (χ3n) is 2.22. The van der Waals surface area contributed by atoms with Crippen molar-refractivity contribution in [2.45, 2.75) is 0 Å². The summed E-state index contributed by atoms with van der Waals surface area (Å²) in [6.07, 6.45) is 1.62. The molecule has 4 nitrogen and oxygen atoms in total. The summed E-state index contributed by atoms with van der Waals surface area (Å²) in [5.41, 5.74) is 1.22. The SMILES string of the molecule is C=CCNC(=O)c1csc(Nc2cccc(Cl)c2)n1. The quantitative estimate of drug-likeness (QED) is 0.830. The largest absolute Gasteiger partial charge is 0.347 e. The number of rotatable bonds is 5. The molecule has 0 fully saturated rings. The number of benzene rings is 1. The lowest BCUT2D eigenvalue weighted by Crippen LogP contribution is -2.23. The van der Waals surface area contributed by atoms with E-state index in [1.807, 2.05) is 12.1 Å². The lowest BCUT2D eigenvalue weighted by atomic mass is 10.3. The van der Waals surface area contributed by atoms with Gasteiger partial charge in [0.1, 0.15) is 5.69 Å². The number of anilines is 2. The third-order valence-corrected chi connectivity index (χ3v) is 3.21. The van der Waals surface area contributed by atoms with Crippen LogP contribution in [0, 0.1) is 0 Å². The number of nitrogens with zero attached hydrogens (tertiary/aromatic N) is 1. The summed E-state index contributed by atoms with van der Waals surface area (Å²) < 4.78 is 0. The molecular weight excluding hydrogens is 282 g/mol. The first-order chi connectivity index (χ1) is 9.19. The highest BCUT2D eigenvalue weighted by molar-refractivity contribution is 7.14. The lowest BCUT2D eigenvalue weighted by Gasteiger charge is -2.02. The van der Waals surface area contributed by atoms with Gasteiger partial charge in [0, 0.05) is 22.6 Å². The van der Waals surface area contributed by atoms with Gasteiger partial charge in [0.05, 0.1) is 0 Å². The number of amides is 1. The van der Waals surface area contributed by atoms with Gasteiger partial charge in [-0.2, -0.15) is 0 Å². The van der Waals surface area contributed by atoms with Gasteiger partial charge in [0.15, 0.2) is 5.13 Å². The molecule has 19 heavy (non-hydrogen) atoms. The van der Waals surface area contributed by atoms with Gasteiger partial charge in [-0.15, -0.1) is 17.9 Å². The summed E-state index contributed by atoms with van der Waals surface area (Å²) in [6.45, 7) is 3.96. The minimum atomic E-state index is -0.213. The number of hydrogen-bond acceptors (Lipinski definition) is 4. The Hall–Kier alpha value is -1.85. The van der Waals surface area contributed by atoms with Gasteiger partial charge in [-0.1, -0.05) is 23.7 Å². The molecule has 1 amide bonds. The standard InChI is InChI=1S/C13H12ClN3OS/c1-2-6-15-12(18)11-8-19-13(17-11)16-10-5-3-4-9(14)7-10/h2-5,7-8H,1,6H2,(H,15,18)(H,16,17). The Labute approximate surface area is 120 Å². The second-order valence-corrected chi connectivity index (χ2v) is 4.97. The number of carbonyl (C=O) groups excluding carboxylic acids is 1.